The topological polar surface area (TPSA) is 173 Å². The van der Waals surface area contributed by atoms with Crippen LogP contribution in [0.2, 0.25) is 0 Å². The van der Waals surface area contributed by atoms with Crippen molar-refractivity contribution < 1.29 is 41.5 Å². The lowest BCUT2D eigenvalue weighted by Crippen LogP contribution is -2.31. The summed E-state index contributed by atoms with van der Waals surface area (Å²) in [4.78, 5) is 28.7. The van der Waals surface area contributed by atoms with Gasteiger partial charge in [-0.15, -0.1) is 0 Å². The highest BCUT2D eigenvalue weighted by atomic mass is 32.2. The summed E-state index contributed by atoms with van der Waals surface area (Å²) in [7, 11) is -4.08. The first-order valence-electron chi connectivity index (χ1n) is 15.6. The average molecular weight is 681 g/mol. The predicted octanol–water partition coefficient (Wildman–Crippen LogP) is 5.45. The van der Waals surface area contributed by atoms with Gasteiger partial charge in [0.1, 0.15) is 0 Å². The van der Waals surface area contributed by atoms with Crippen LogP contribution in [-0.4, -0.2) is 81.6 Å². The molecule has 0 aliphatic carbocycles. The monoisotopic (exact) mass is 680 g/mol. The summed E-state index contributed by atoms with van der Waals surface area (Å²) in [6.45, 7) is 2.60. The average Bonchev–Trinajstić information content (AvgIpc) is 3.01. The van der Waals surface area contributed by atoms with Gasteiger partial charge in [0.2, 0.25) is 0 Å². The van der Waals surface area contributed by atoms with Crippen molar-refractivity contribution in [2.75, 3.05) is 47.5 Å². The molecule has 0 fully saturated rings. The van der Waals surface area contributed by atoms with Crippen molar-refractivity contribution in [3.8, 4) is 11.1 Å². The molecule has 4 N–H and O–H groups in total. The van der Waals surface area contributed by atoms with Crippen LogP contribution >= 0.6 is 0 Å². The van der Waals surface area contributed by atoms with E-state index in [2.05, 4.69) is 40.1 Å². The van der Waals surface area contributed by atoms with Gasteiger partial charge in [-0.25, -0.2) is 13.8 Å². The molecule has 2 aliphatic heterocycles. The molecule has 248 valence electrons. The number of aromatic carboxylic acids is 2. The Labute approximate surface area is 274 Å². The number of nitrogens with zero attached hydrogens (tertiary/aromatic N) is 2. The molecule has 2 heterocycles. The van der Waals surface area contributed by atoms with E-state index in [0.717, 1.165) is 82.8 Å². The van der Waals surface area contributed by atoms with E-state index in [0.29, 0.717) is 30.6 Å². The minimum atomic E-state index is -4.08. The van der Waals surface area contributed by atoms with Crippen LogP contribution in [0.25, 0.3) is 32.7 Å². The highest BCUT2D eigenvalue weighted by Crippen LogP contribution is 2.44. The number of carboxylic acid groups (broad SMARTS) is 2. The Bertz CT molecular complexity index is 2050. The summed E-state index contributed by atoms with van der Waals surface area (Å²) in [5.74, 6) is -2.60. The molecule has 2 aliphatic rings. The fraction of sp³-hybridized carbons (Fsp3) is 0.353. The van der Waals surface area contributed by atoms with Gasteiger partial charge in [-0.05, 0) is 125 Å². The maximum Gasteiger partial charge on any atom is 0.336 e. The van der Waals surface area contributed by atoms with E-state index >= 15 is 0 Å². The van der Waals surface area contributed by atoms with E-state index in [1.165, 1.54) is 12.1 Å². The molecule has 0 spiro atoms. The van der Waals surface area contributed by atoms with Crippen LogP contribution in [0.15, 0.2) is 48.5 Å². The van der Waals surface area contributed by atoms with Gasteiger partial charge in [0.05, 0.1) is 22.6 Å². The van der Waals surface area contributed by atoms with Crippen molar-refractivity contribution in [3.63, 3.8) is 0 Å². The van der Waals surface area contributed by atoms with E-state index in [4.69, 9.17) is 0 Å². The highest BCUT2D eigenvalue weighted by Gasteiger charge is 2.25. The van der Waals surface area contributed by atoms with E-state index in [-0.39, 0.29) is 29.1 Å². The van der Waals surface area contributed by atoms with Crippen LogP contribution in [0.5, 0.6) is 0 Å². The molecule has 0 saturated carbocycles. The van der Waals surface area contributed by atoms with Crippen LogP contribution in [0, 0.1) is 0 Å². The first-order valence-corrected chi connectivity index (χ1v) is 18.5. The van der Waals surface area contributed by atoms with Gasteiger partial charge < -0.3 is 24.6 Å². The van der Waals surface area contributed by atoms with E-state index < -0.39 is 33.1 Å². The molecule has 11 nitrogen and oxygen atoms in total. The van der Waals surface area contributed by atoms with Crippen LogP contribution < -0.4 is 9.80 Å². The molecule has 0 saturated heterocycles. The molecule has 0 radical (unpaired) electrons. The van der Waals surface area contributed by atoms with Gasteiger partial charge in [0.25, 0.3) is 10.1 Å². The fourth-order valence-electron chi connectivity index (χ4n) is 7.08. The minimum absolute atomic E-state index is 0.111. The number of hydrogen-bond acceptors (Lipinski definition) is 7. The van der Waals surface area contributed by atoms with Crippen molar-refractivity contribution in [3.05, 3.63) is 70.8 Å². The smallest absolute Gasteiger partial charge is 0.336 e. The number of carboxylic acids is 2. The third-order valence-electron chi connectivity index (χ3n) is 9.12. The van der Waals surface area contributed by atoms with Gasteiger partial charge in [0, 0.05) is 37.6 Å². The molecule has 0 aromatic heterocycles. The van der Waals surface area contributed by atoms with Crippen LogP contribution in [0.1, 0.15) is 57.5 Å². The molecular formula is C34H36N2O9S2. The third kappa shape index (κ3) is 6.98. The van der Waals surface area contributed by atoms with Crippen molar-refractivity contribution in [2.45, 2.75) is 38.5 Å². The van der Waals surface area contributed by atoms with Crippen molar-refractivity contribution >= 4 is 66.1 Å². The Hall–Kier alpha value is -4.04. The molecule has 1 atom stereocenters. The zero-order valence-corrected chi connectivity index (χ0v) is 27.3. The summed E-state index contributed by atoms with van der Waals surface area (Å²) >= 11 is -1.87. The number of anilines is 2. The maximum absolute atomic E-state index is 12.6. The highest BCUT2D eigenvalue weighted by molar-refractivity contribution is 7.85. The van der Waals surface area contributed by atoms with Crippen molar-refractivity contribution in [1.82, 2.24) is 0 Å². The lowest BCUT2D eigenvalue weighted by atomic mass is 9.85. The van der Waals surface area contributed by atoms with E-state index in [1.54, 1.807) is 6.07 Å². The molecular weight excluding hydrogens is 645 g/mol. The summed E-state index contributed by atoms with van der Waals surface area (Å²) in [6, 6.07) is 14.6. The second kappa shape index (κ2) is 13.2. The van der Waals surface area contributed by atoms with Crippen LogP contribution in [-0.2, 0) is 34.0 Å². The van der Waals surface area contributed by atoms with E-state index in [9.17, 15) is 41.5 Å². The first kappa shape index (κ1) is 32.9. The predicted molar refractivity (Wildman–Crippen MR) is 183 cm³/mol. The lowest BCUT2D eigenvalue weighted by molar-refractivity contribution is 0.0696. The molecule has 1 unspecified atom stereocenters. The number of aryl methyl sites for hydroxylation is 2. The van der Waals surface area contributed by atoms with Gasteiger partial charge in [-0.2, -0.15) is 8.42 Å². The fourth-order valence-corrected chi connectivity index (χ4v) is 7.95. The zero-order chi connectivity index (χ0) is 33.5. The molecule has 47 heavy (non-hydrogen) atoms. The van der Waals surface area contributed by atoms with Crippen molar-refractivity contribution in [1.29, 1.82) is 0 Å². The molecule has 0 bridgehead atoms. The second-order valence-corrected chi connectivity index (χ2v) is 14.8. The summed E-state index contributed by atoms with van der Waals surface area (Å²) in [5, 5.41) is 23.3. The second-order valence-electron chi connectivity index (χ2n) is 12.2. The maximum atomic E-state index is 12.6. The lowest BCUT2D eigenvalue weighted by Gasteiger charge is -2.33. The molecule has 6 rings (SSSR count). The molecule has 4 aromatic rings. The van der Waals surface area contributed by atoms with Gasteiger partial charge in [0.15, 0.2) is 11.1 Å². The number of rotatable bonds is 11. The van der Waals surface area contributed by atoms with Gasteiger partial charge >= 0.3 is 11.9 Å². The number of fused-ring (bicyclic) bond motifs is 4. The first-order chi connectivity index (χ1) is 22.4. The normalized spacial score (nSPS) is 15.4. The Morgan fingerprint density at radius 2 is 1.36 bits per heavy atom. The molecule has 13 heteroatoms. The largest absolute Gasteiger partial charge is 0.478 e. The Morgan fingerprint density at radius 1 is 0.787 bits per heavy atom. The Kier molecular flexibility index (Phi) is 9.25. The zero-order valence-electron chi connectivity index (χ0n) is 25.6. The number of carbonyl (C=O) groups is 2. The summed E-state index contributed by atoms with van der Waals surface area (Å²) < 4.78 is 52.6. The Morgan fingerprint density at radius 3 is 1.87 bits per heavy atom. The SMILES string of the molecule is O=C(O)c1ccc(-c2c3cc4c(cc3cc3cc5c(cc23)CCCN5CCCS(=O)(=O)O)N(CCCS(=O)O)CCC4)c(C(=O)O)c1. The van der Waals surface area contributed by atoms with Crippen LogP contribution in [0.4, 0.5) is 11.4 Å². The minimum Gasteiger partial charge on any atom is -0.478 e. The Balaban J connectivity index is 1.57. The number of hydrogen-bond donors (Lipinski definition) is 4. The standard InChI is InChI=1S/C34H36N2O9S2/c37-33(38)23-7-8-26(29(18-23)34(39)40)32-27-16-21-5-1-9-35(11-3-13-46(41)42)30(21)19-24(27)15-25-20-31-22(17-28(25)32)6-2-10-36(31)12-4-14-47(43,44)45/h7-8,15-20H,1-6,9-14H2,(H,37,38)(H,39,40)(H,41,42)(H,43,44,45). The van der Waals surface area contributed by atoms with E-state index in [1.807, 2.05) is 0 Å². The summed E-state index contributed by atoms with van der Waals surface area (Å²) in [6.07, 6.45) is 4.16. The van der Waals surface area contributed by atoms with Gasteiger partial charge in [-0.3, -0.25) is 4.55 Å². The molecule has 0 amide bonds. The van der Waals surface area contributed by atoms with Gasteiger partial charge in [-0.1, -0.05) is 6.07 Å². The quantitative estimate of drug-likeness (QED) is 0.0901. The third-order valence-corrected chi connectivity index (χ3v) is 10.6. The summed E-state index contributed by atoms with van der Waals surface area (Å²) in [5.41, 5.74) is 5.01. The van der Waals surface area contributed by atoms with Crippen LogP contribution in [0.3, 0.4) is 0 Å². The molecule has 4 aromatic carbocycles. The van der Waals surface area contributed by atoms with Crippen molar-refractivity contribution in [2.24, 2.45) is 0 Å². The number of benzene rings is 4.